The number of nitrogens with zero attached hydrogens (tertiary/aromatic N) is 4. The second-order valence-electron chi connectivity index (χ2n) is 5.86. The van der Waals surface area contributed by atoms with Crippen LogP contribution in [-0.4, -0.2) is 57.9 Å². The van der Waals surface area contributed by atoms with Crippen LogP contribution in [-0.2, 0) is 11.3 Å². The standard InChI is InChI=1S/C18H20N6O5S3/c1-4-30-18-24-22-16(32-18)20-13(25)9-31-17-23-21-14(29-17)8-19-15(26)10-5-6-11(27-2)12(7-10)28-3/h5-7H,4,8-9H2,1-3H3,(H,19,26)(H,20,22,25). The number of nitrogens with one attached hydrogen (secondary N) is 2. The van der Waals surface area contributed by atoms with E-state index < -0.39 is 0 Å². The highest BCUT2D eigenvalue weighted by Crippen LogP contribution is 2.28. The number of ether oxygens (including phenoxy) is 2. The van der Waals surface area contributed by atoms with Crippen molar-refractivity contribution in [1.29, 1.82) is 0 Å². The SMILES string of the molecule is CCSc1nnc(NC(=O)CSc2nnc(CNC(=O)c3ccc(OC)c(OC)c3)o2)s1. The van der Waals surface area contributed by atoms with E-state index in [1.54, 1.807) is 30.0 Å². The molecule has 170 valence electrons. The van der Waals surface area contributed by atoms with Gasteiger partial charge >= 0.3 is 0 Å². The van der Waals surface area contributed by atoms with E-state index in [4.69, 9.17) is 13.9 Å². The Morgan fingerprint density at radius 3 is 2.66 bits per heavy atom. The molecule has 14 heteroatoms. The number of amides is 2. The molecule has 0 spiro atoms. The Hall–Kier alpha value is -2.84. The number of benzene rings is 1. The third kappa shape index (κ3) is 6.58. The molecule has 1 aromatic carbocycles. The van der Waals surface area contributed by atoms with Gasteiger partial charge in [0.25, 0.3) is 11.1 Å². The molecule has 0 saturated carbocycles. The first-order valence-electron chi connectivity index (χ1n) is 9.24. The molecular formula is C18H20N6O5S3. The maximum absolute atomic E-state index is 12.4. The molecule has 0 aliphatic heterocycles. The third-order valence-electron chi connectivity index (χ3n) is 3.74. The van der Waals surface area contributed by atoms with Crippen LogP contribution in [0.15, 0.2) is 32.2 Å². The molecule has 3 rings (SSSR count). The number of hydrogen-bond acceptors (Lipinski definition) is 12. The van der Waals surface area contributed by atoms with Crippen LogP contribution in [0.5, 0.6) is 11.5 Å². The van der Waals surface area contributed by atoms with Gasteiger partial charge in [0.1, 0.15) is 0 Å². The van der Waals surface area contributed by atoms with E-state index in [-0.39, 0.29) is 35.2 Å². The second-order valence-corrected chi connectivity index (χ2v) is 9.27. The van der Waals surface area contributed by atoms with Crippen LogP contribution in [0.2, 0.25) is 0 Å². The Kier molecular flexibility index (Phi) is 8.70. The fourth-order valence-electron chi connectivity index (χ4n) is 2.33. The molecular weight excluding hydrogens is 476 g/mol. The Bertz CT molecular complexity index is 1070. The maximum atomic E-state index is 12.4. The third-order valence-corrected chi connectivity index (χ3v) is 6.41. The minimum absolute atomic E-state index is 0.0373. The molecule has 11 nitrogen and oxygen atoms in total. The highest BCUT2D eigenvalue weighted by Gasteiger charge is 2.14. The fourth-order valence-corrected chi connectivity index (χ4v) is 4.57. The van der Waals surface area contributed by atoms with Crippen LogP contribution in [0.3, 0.4) is 0 Å². The second kappa shape index (κ2) is 11.7. The van der Waals surface area contributed by atoms with E-state index in [0.29, 0.717) is 22.2 Å². The van der Waals surface area contributed by atoms with Gasteiger partial charge in [-0.1, -0.05) is 41.8 Å². The lowest BCUT2D eigenvalue weighted by Crippen LogP contribution is -2.23. The number of thioether (sulfide) groups is 2. The summed E-state index contributed by atoms with van der Waals surface area (Å²) in [6, 6.07) is 4.83. The summed E-state index contributed by atoms with van der Waals surface area (Å²) in [5, 5.41) is 21.7. The van der Waals surface area contributed by atoms with Crippen molar-refractivity contribution in [2.24, 2.45) is 0 Å². The number of anilines is 1. The van der Waals surface area contributed by atoms with Crippen molar-refractivity contribution in [2.45, 2.75) is 23.0 Å². The predicted molar refractivity (Wildman–Crippen MR) is 121 cm³/mol. The molecule has 0 aliphatic carbocycles. The average Bonchev–Trinajstić information content (AvgIpc) is 3.45. The molecule has 0 saturated heterocycles. The van der Waals surface area contributed by atoms with Crippen LogP contribution >= 0.6 is 34.9 Å². The number of methoxy groups -OCH3 is 2. The number of carbonyl (C=O) groups excluding carboxylic acids is 2. The lowest BCUT2D eigenvalue weighted by Gasteiger charge is -2.09. The van der Waals surface area contributed by atoms with E-state index in [0.717, 1.165) is 21.9 Å². The van der Waals surface area contributed by atoms with Crippen molar-refractivity contribution in [1.82, 2.24) is 25.7 Å². The Morgan fingerprint density at radius 2 is 1.91 bits per heavy atom. The molecule has 2 N–H and O–H groups in total. The zero-order valence-corrected chi connectivity index (χ0v) is 19.9. The zero-order valence-electron chi connectivity index (χ0n) is 17.4. The smallest absolute Gasteiger partial charge is 0.277 e. The number of aromatic nitrogens is 4. The van der Waals surface area contributed by atoms with Crippen molar-refractivity contribution in [2.75, 3.05) is 31.0 Å². The van der Waals surface area contributed by atoms with Crippen LogP contribution in [0.4, 0.5) is 5.13 Å². The molecule has 0 fully saturated rings. The molecule has 0 radical (unpaired) electrons. The zero-order chi connectivity index (χ0) is 22.9. The van der Waals surface area contributed by atoms with Gasteiger partial charge in [0, 0.05) is 5.56 Å². The first-order valence-corrected chi connectivity index (χ1v) is 12.0. The van der Waals surface area contributed by atoms with E-state index in [1.165, 1.54) is 25.6 Å². The van der Waals surface area contributed by atoms with Gasteiger partial charge in [0.2, 0.25) is 16.9 Å². The van der Waals surface area contributed by atoms with E-state index in [2.05, 4.69) is 31.0 Å². The quantitative estimate of drug-likeness (QED) is 0.299. The van der Waals surface area contributed by atoms with Gasteiger partial charge < -0.3 is 19.2 Å². The summed E-state index contributed by atoms with van der Waals surface area (Å²) in [4.78, 5) is 24.4. The van der Waals surface area contributed by atoms with E-state index in [9.17, 15) is 9.59 Å². The van der Waals surface area contributed by atoms with E-state index in [1.807, 2.05) is 6.92 Å². The lowest BCUT2D eigenvalue weighted by molar-refractivity contribution is -0.113. The largest absolute Gasteiger partial charge is 0.493 e. The van der Waals surface area contributed by atoms with Crippen LogP contribution in [0.1, 0.15) is 23.2 Å². The molecule has 3 aromatic rings. The molecule has 0 atom stereocenters. The molecule has 0 aliphatic rings. The molecule has 2 heterocycles. The normalized spacial score (nSPS) is 10.6. The van der Waals surface area contributed by atoms with Crippen molar-refractivity contribution in [3.05, 3.63) is 29.7 Å². The van der Waals surface area contributed by atoms with Crippen molar-refractivity contribution in [3.8, 4) is 11.5 Å². The van der Waals surface area contributed by atoms with Crippen LogP contribution in [0, 0.1) is 0 Å². The van der Waals surface area contributed by atoms with Gasteiger partial charge in [0.15, 0.2) is 15.8 Å². The minimum atomic E-state index is -0.338. The maximum Gasteiger partial charge on any atom is 0.277 e. The van der Waals surface area contributed by atoms with Gasteiger partial charge in [-0.15, -0.1) is 20.4 Å². The van der Waals surface area contributed by atoms with Gasteiger partial charge in [-0.3, -0.25) is 14.9 Å². The number of carbonyl (C=O) groups is 2. The Balaban J connectivity index is 1.46. The summed E-state index contributed by atoms with van der Waals surface area (Å²) in [7, 11) is 3.01. The fraction of sp³-hybridized carbons (Fsp3) is 0.333. The number of hydrogen-bond donors (Lipinski definition) is 2. The van der Waals surface area contributed by atoms with Crippen LogP contribution < -0.4 is 20.1 Å². The lowest BCUT2D eigenvalue weighted by atomic mass is 10.2. The Morgan fingerprint density at radius 1 is 1.09 bits per heavy atom. The van der Waals surface area contributed by atoms with Gasteiger partial charge in [-0.25, -0.2) is 0 Å². The van der Waals surface area contributed by atoms with E-state index >= 15 is 0 Å². The molecule has 32 heavy (non-hydrogen) atoms. The Labute approximate surface area is 196 Å². The predicted octanol–water partition coefficient (Wildman–Crippen LogP) is 2.71. The average molecular weight is 497 g/mol. The molecule has 2 amide bonds. The molecule has 0 unspecified atom stereocenters. The topological polar surface area (TPSA) is 141 Å². The first kappa shape index (κ1) is 23.8. The van der Waals surface area contributed by atoms with Gasteiger partial charge in [0.05, 0.1) is 26.5 Å². The van der Waals surface area contributed by atoms with Crippen molar-refractivity contribution in [3.63, 3.8) is 0 Å². The summed E-state index contributed by atoms with van der Waals surface area (Å²) in [6.45, 7) is 2.05. The minimum Gasteiger partial charge on any atom is -0.493 e. The first-order chi connectivity index (χ1) is 15.5. The van der Waals surface area contributed by atoms with Gasteiger partial charge in [-0.2, -0.15) is 0 Å². The number of rotatable bonds is 11. The summed E-state index contributed by atoms with van der Waals surface area (Å²) in [5.74, 6) is 1.53. The summed E-state index contributed by atoms with van der Waals surface area (Å²) in [6.07, 6.45) is 0. The molecule has 0 bridgehead atoms. The van der Waals surface area contributed by atoms with Gasteiger partial charge in [-0.05, 0) is 24.0 Å². The van der Waals surface area contributed by atoms with Crippen LogP contribution in [0.25, 0.3) is 0 Å². The monoisotopic (exact) mass is 496 g/mol. The highest BCUT2D eigenvalue weighted by atomic mass is 32.2. The molecule has 2 aromatic heterocycles. The summed E-state index contributed by atoms with van der Waals surface area (Å²) >= 11 is 3.96. The van der Waals surface area contributed by atoms with Crippen molar-refractivity contribution < 1.29 is 23.5 Å². The summed E-state index contributed by atoms with van der Waals surface area (Å²) < 4.78 is 16.6. The highest BCUT2D eigenvalue weighted by molar-refractivity contribution is 8.01. The van der Waals surface area contributed by atoms with Crippen molar-refractivity contribution >= 4 is 51.8 Å². The summed E-state index contributed by atoms with van der Waals surface area (Å²) in [5.41, 5.74) is 0.394.